The van der Waals surface area contributed by atoms with Crippen LogP contribution in [0.2, 0.25) is 0 Å². The van der Waals surface area contributed by atoms with Crippen LogP contribution in [0, 0.1) is 0 Å². The molecule has 0 saturated heterocycles. The Morgan fingerprint density at radius 2 is 2.00 bits per heavy atom. The third-order valence-corrected chi connectivity index (χ3v) is 1.20. The van der Waals surface area contributed by atoms with Crippen molar-refractivity contribution in [3.8, 4) is 0 Å². The zero-order valence-corrected chi connectivity index (χ0v) is 6.23. The molecule has 48 valence electrons. The van der Waals surface area contributed by atoms with E-state index >= 15 is 0 Å². The molecule has 0 fully saturated rings. The minimum atomic E-state index is 1.13. The normalized spacial score (nSPS) is 11.8. The van der Waals surface area contributed by atoms with Crippen LogP contribution in [0.5, 0.6) is 0 Å². The summed E-state index contributed by atoms with van der Waals surface area (Å²) in [5.74, 6) is 0. The molecule has 0 aromatic rings. The second-order valence-corrected chi connectivity index (χ2v) is 2.15. The first-order chi connectivity index (χ1) is 3.68. The fraction of sp³-hybridized carbons (Fsp3) is 0.714. The van der Waals surface area contributed by atoms with Crippen molar-refractivity contribution in [1.29, 1.82) is 0 Å². The standard InChI is InChI=1S/C7H15N/c1-5-6-7(2)8(3)4/h6H,5H2,1-4H3. The van der Waals surface area contributed by atoms with Gasteiger partial charge in [-0.3, -0.25) is 0 Å². The third kappa shape index (κ3) is 2.67. The predicted molar refractivity (Wildman–Crippen MR) is 37.7 cm³/mol. The van der Waals surface area contributed by atoms with Gasteiger partial charge in [-0.15, -0.1) is 0 Å². The number of hydrogen-bond acceptors (Lipinski definition) is 1. The van der Waals surface area contributed by atoms with Crippen LogP contribution in [0.25, 0.3) is 0 Å². The zero-order chi connectivity index (χ0) is 6.57. The molecule has 0 aromatic heterocycles. The Bertz CT molecular complexity index is 82.4. The first-order valence-electron chi connectivity index (χ1n) is 3.02. The van der Waals surface area contributed by atoms with Gasteiger partial charge in [-0.1, -0.05) is 13.0 Å². The highest BCUT2D eigenvalue weighted by Gasteiger charge is 1.85. The fourth-order valence-corrected chi connectivity index (χ4v) is 0.478. The van der Waals surface area contributed by atoms with Crippen molar-refractivity contribution in [3.63, 3.8) is 0 Å². The number of rotatable bonds is 2. The summed E-state index contributed by atoms with van der Waals surface area (Å²) in [7, 11) is 4.11. The molecule has 1 nitrogen and oxygen atoms in total. The van der Waals surface area contributed by atoms with Gasteiger partial charge in [0.2, 0.25) is 0 Å². The molecule has 0 aliphatic carbocycles. The molecule has 8 heavy (non-hydrogen) atoms. The van der Waals surface area contributed by atoms with Gasteiger partial charge in [-0.05, 0) is 13.3 Å². The Labute approximate surface area is 52.0 Å². The third-order valence-electron chi connectivity index (χ3n) is 1.20. The van der Waals surface area contributed by atoms with Crippen molar-refractivity contribution < 1.29 is 0 Å². The van der Waals surface area contributed by atoms with E-state index in [0.29, 0.717) is 0 Å². The SMILES string of the molecule is CCC=C(C)N(C)C. The van der Waals surface area contributed by atoms with Crippen LogP contribution in [0.3, 0.4) is 0 Å². The van der Waals surface area contributed by atoms with Crippen molar-refractivity contribution in [2.45, 2.75) is 20.3 Å². The molecule has 0 rings (SSSR count). The second-order valence-electron chi connectivity index (χ2n) is 2.15. The van der Waals surface area contributed by atoms with E-state index < -0.39 is 0 Å². The Balaban J connectivity index is 3.61. The first kappa shape index (κ1) is 7.54. The summed E-state index contributed by atoms with van der Waals surface area (Å²) in [4.78, 5) is 2.11. The molecule has 0 spiro atoms. The summed E-state index contributed by atoms with van der Waals surface area (Å²) in [6, 6.07) is 0. The molecule has 0 heterocycles. The van der Waals surface area contributed by atoms with Crippen molar-refractivity contribution in [2.75, 3.05) is 14.1 Å². The van der Waals surface area contributed by atoms with Gasteiger partial charge in [0.15, 0.2) is 0 Å². The monoisotopic (exact) mass is 113 g/mol. The predicted octanol–water partition coefficient (Wildman–Crippen LogP) is 1.86. The van der Waals surface area contributed by atoms with Crippen molar-refractivity contribution in [3.05, 3.63) is 11.8 Å². The summed E-state index contributed by atoms with van der Waals surface area (Å²) in [5.41, 5.74) is 1.34. The van der Waals surface area contributed by atoms with Crippen molar-refractivity contribution in [2.24, 2.45) is 0 Å². The van der Waals surface area contributed by atoms with Gasteiger partial charge in [-0.25, -0.2) is 0 Å². The number of hydrogen-bond donors (Lipinski definition) is 0. The Morgan fingerprint density at radius 3 is 2.12 bits per heavy atom. The van der Waals surface area contributed by atoms with Gasteiger partial charge in [0.1, 0.15) is 0 Å². The van der Waals surface area contributed by atoms with Crippen LogP contribution in [0.4, 0.5) is 0 Å². The lowest BCUT2D eigenvalue weighted by Crippen LogP contribution is -2.07. The molecule has 0 saturated carbocycles. The van der Waals surface area contributed by atoms with Gasteiger partial charge < -0.3 is 4.90 Å². The second kappa shape index (κ2) is 3.53. The van der Waals surface area contributed by atoms with E-state index in [-0.39, 0.29) is 0 Å². The van der Waals surface area contributed by atoms with Gasteiger partial charge in [0.05, 0.1) is 0 Å². The minimum Gasteiger partial charge on any atom is -0.381 e. The average Bonchev–Trinajstić information content (AvgIpc) is 1.67. The lowest BCUT2D eigenvalue weighted by molar-refractivity contribution is 0.511. The summed E-state index contributed by atoms with van der Waals surface area (Å²) >= 11 is 0. The highest BCUT2D eigenvalue weighted by Crippen LogP contribution is 1.96. The molecule has 0 aromatic carbocycles. The molecule has 0 radical (unpaired) electrons. The lowest BCUT2D eigenvalue weighted by atomic mass is 10.3. The van der Waals surface area contributed by atoms with E-state index in [0.717, 1.165) is 6.42 Å². The molecule has 0 aliphatic heterocycles. The largest absolute Gasteiger partial charge is 0.381 e. The molecular formula is C7H15N. The molecule has 0 atom stereocenters. The van der Waals surface area contributed by atoms with Gasteiger partial charge in [0, 0.05) is 19.8 Å². The summed E-state index contributed by atoms with van der Waals surface area (Å²) in [6.07, 6.45) is 3.34. The summed E-state index contributed by atoms with van der Waals surface area (Å²) < 4.78 is 0. The first-order valence-corrected chi connectivity index (χ1v) is 3.02. The van der Waals surface area contributed by atoms with Crippen LogP contribution in [0.1, 0.15) is 20.3 Å². The molecule has 0 aliphatic rings. The van der Waals surface area contributed by atoms with Crippen LogP contribution in [-0.2, 0) is 0 Å². The van der Waals surface area contributed by atoms with E-state index in [1.165, 1.54) is 5.70 Å². The maximum atomic E-state index is 2.21. The summed E-state index contributed by atoms with van der Waals surface area (Å²) in [6.45, 7) is 4.26. The van der Waals surface area contributed by atoms with E-state index in [2.05, 4.69) is 38.9 Å². The van der Waals surface area contributed by atoms with Crippen LogP contribution >= 0.6 is 0 Å². The molecule has 1 heteroatoms. The quantitative estimate of drug-likeness (QED) is 0.528. The van der Waals surface area contributed by atoms with E-state index in [4.69, 9.17) is 0 Å². The van der Waals surface area contributed by atoms with E-state index in [9.17, 15) is 0 Å². The molecule has 0 amide bonds. The van der Waals surface area contributed by atoms with Crippen molar-refractivity contribution in [1.82, 2.24) is 4.90 Å². The fourth-order valence-electron chi connectivity index (χ4n) is 0.478. The topological polar surface area (TPSA) is 3.24 Å². The Kier molecular flexibility index (Phi) is 3.33. The zero-order valence-electron chi connectivity index (χ0n) is 6.23. The van der Waals surface area contributed by atoms with Crippen molar-refractivity contribution >= 4 is 0 Å². The van der Waals surface area contributed by atoms with Gasteiger partial charge in [0.25, 0.3) is 0 Å². The van der Waals surface area contributed by atoms with E-state index in [1.54, 1.807) is 0 Å². The molecule has 0 unspecified atom stereocenters. The smallest absolute Gasteiger partial charge is 0.00579 e. The number of nitrogens with zero attached hydrogens (tertiary/aromatic N) is 1. The molecule has 0 bridgehead atoms. The highest BCUT2D eigenvalue weighted by molar-refractivity contribution is 4.93. The van der Waals surface area contributed by atoms with E-state index in [1.807, 2.05) is 0 Å². The molecule has 0 N–H and O–H groups in total. The van der Waals surface area contributed by atoms with Crippen LogP contribution in [0.15, 0.2) is 11.8 Å². The highest BCUT2D eigenvalue weighted by atomic mass is 15.1. The van der Waals surface area contributed by atoms with Crippen LogP contribution < -0.4 is 0 Å². The average molecular weight is 113 g/mol. The lowest BCUT2D eigenvalue weighted by Gasteiger charge is -2.11. The Morgan fingerprint density at radius 1 is 1.50 bits per heavy atom. The van der Waals surface area contributed by atoms with Gasteiger partial charge >= 0.3 is 0 Å². The maximum absolute atomic E-state index is 2.21. The van der Waals surface area contributed by atoms with Gasteiger partial charge in [-0.2, -0.15) is 0 Å². The van der Waals surface area contributed by atoms with Crippen LogP contribution in [-0.4, -0.2) is 19.0 Å². The Hall–Kier alpha value is -0.460. The summed E-state index contributed by atoms with van der Waals surface area (Å²) in [5, 5.41) is 0. The molecular weight excluding hydrogens is 98.1 g/mol. The minimum absolute atomic E-state index is 1.13. The number of allylic oxidation sites excluding steroid dienone is 2. The maximum Gasteiger partial charge on any atom is 0.00579 e.